The van der Waals surface area contributed by atoms with Crippen LogP contribution in [-0.4, -0.2) is 21.5 Å². The number of carbonyl (C=O) groups excluding carboxylic acids is 2. The van der Waals surface area contributed by atoms with Crippen LogP contribution in [0.5, 0.6) is 0 Å². The van der Waals surface area contributed by atoms with Crippen LogP contribution in [0.25, 0.3) is 11.0 Å². The molecule has 3 rings (SSSR count). The lowest BCUT2D eigenvalue weighted by Gasteiger charge is -2.08. The van der Waals surface area contributed by atoms with Gasteiger partial charge in [-0.05, 0) is 36.4 Å². The summed E-state index contributed by atoms with van der Waals surface area (Å²) in [6, 6.07) is 8.99. The molecule has 0 atom stereocenters. The number of fused-ring (bicyclic) bond motifs is 1. The van der Waals surface area contributed by atoms with Crippen molar-refractivity contribution in [2.75, 3.05) is 5.32 Å². The second kappa shape index (κ2) is 6.51. The average Bonchev–Trinajstić information content (AvgIpc) is 2.91. The van der Waals surface area contributed by atoms with Crippen molar-refractivity contribution in [1.82, 2.24) is 14.9 Å². The van der Waals surface area contributed by atoms with Gasteiger partial charge in [-0.3, -0.25) is 10.1 Å². The first-order valence-electron chi connectivity index (χ1n) is 6.92. The molecule has 24 heavy (non-hydrogen) atoms. The van der Waals surface area contributed by atoms with Crippen LogP contribution in [0, 0.1) is 0 Å². The quantitative estimate of drug-likeness (QED) is 0.726. The van der Waals surface area contributed by atoms with Gasteiger partial charge in [0.2, 0.25) is 0 Å². The van der Waals surface area contributed by atoms with E-state index in [1.807, 2.05) is 11.6 Å². The Bertz CT molecular complexity index is 952. The van der Waals surface area contributed by atoms with Gasteiger partial charge in [0.15, 0.2) is 0 Å². The van der Waals surface area contributed by atoms with E-state index in [1.165, 1.54) is 6.07 Å². The van der Waals surface area contributed by atoms with Crippen LogP contribution in [0.4, 0.5) is 10.5 Å². The molecule has 0 spiro atoms. The summed E-state index contributed by atoms with van der Waals surface area (Å²) < 4.78 is 1.84. The van der Waals surface area contributed by atoms with Crippen molar-refractivity contribution in [2.24, 2.45) is 7.05 Å². The van der Waals surface area contributed by atoms with E-state index in [1.54, 1.807) is 36.7 Å². The highest BCUT2D eigenvalue weighted by molar-refractivity contribution is 6.42. The number of aryl methyl sites for hydroxylation is 1. The lowest BCUT2D eigenvalue weighted by atomic mass is 10.2. The summed E-state index contributed by atoms with van der Waals surface area (Å²) in [6.07, 6.45) is 1.66. The van der Waals surface area contributed by atoms with Crippen LogP contribution in [0.1, 0.15) is 10.4 Å². The highest BCUT2D eigenvalue weighted by Gasteiger charge is 2.12. The van der Waals surface area contributed by atoms with Crippen LogP contribution in [0.3, 0.4) is 0 Å². The number of nitrogens with one attached hydrogen (secondary N) is 2. The minimum absolute atomic E-state index is 0.307. The molecule has 8 heteroatoms. The molecule has 0 saturated carbocycles. The van der Waals surface area contributed by atoms with Gasteiger partial charge in [0, 0.05) is 18.3 Å². The molecular weight excluding hydrogens is 351 g/mol. The monoisotopic (exact) mass is 362 g/mol. The number of urea groups is 1. The Morgan fingerprint density at radius 1 is 1.08 bits per heavy atom. The van der Waals surface area contributed by atoms with Crippen molar-refractivity contribution >= 4 is 51.9 Å². The molecule has 122 valence electrons. The molecule has 0 saturated heterocycles. The topological polar surface area (TPSA) is 76.0 Å². The maximum atomic E-state index is 12.2. The zero-order chi connectivity index (χ0) is 17.3. The van der Waals surface area contributed by atoms with E-state index in [9.17, 15) is 9.59 Å². The first kappa shape index (κ1) is 16.3. The van der Waals surface area contributed by atoms with Crippen LogP contribution in [0.15, 0.2) is 42.7 Å². The number of imide groups is 1. The number of carbonyl (C=O) groups is 2. The van der Waals surface area contributed by atoms with Crippen molar-refractivity contribution in [1.29, 1.82) is 0 Å². The molecule has 0 aliphatic carbocycles. The summed E-state index contributed by atoms with van der Waals surface area (Å²) in [5.74, 6) is -0.528. The van der Waals surface area contributed by atoms with Gasteiger partial charge >= 0.3 is 6.03 Å². The van der Waals surface area contributed by atoms with Gasteiger partial charge in [0.05, 0.1) is 27.4 Å². The third kappa shape index (κ3) is 3.34. The second-order valence-electron chi connectivity index (χ2n) is 5.10. The fraction of sp³-hybridized carbons (Fsp3) is 0.0625. The minimum atomic E-state index is -0.667. The van der Waals surface area contributed by atoms with E-state index in [2.05, 4.69) is 15.6 Å². The Hall–Kier alpha value is -2.57. The molecule has 6 nitrogen and oxygen atoms in total. The van der Waals surface area contributed by atoms with Gasteiger partial charge in [-0.1, -0.05) is 23.2 Å². The number of rotatable bonds is 2. The van der Waals surface area contributed by atoms with E-state index in [4.69, 9.17) is 23.2 Å². The zero-order valence-electron chi connectivity index (χ0n) is 12.5. The van der Waals surface area contributed by atoms with E-state index < -0.39 is 11.9 Å². The molecule has 0 fully saturated rings. The third-order valence-corrected chi connectivity index (χ3v) is 4.13. The molecule has 0 radical (unpaired) electrons. The van der Waals surface area contributed by atoms with Crippen molar-refractivity contribution in [3.63, 3.8) is 0 Å². The normalized spacial score (nSPS) is 10.6. The largest absolute Gasteiger partial charge is 0.334 e. The van der Waals surface area contributed by atoms with E-state index in [0.29, 0.717) is 26.8 Å². The second-order valence-corrected chi connectivity index (χ2v) is 5.91. The summed E-state index contributed by atoms with van der Waals surface area (Å²) in [4.78, 5) is 28.3. The molecule has 1 aromatic heterocycles. The summed E-state index contributed by atoms with van der Waals surface area (Å²) in [5, 5.41) is 5.45. The first-order chi connectivity index (χ1) is 11.4. The standard InChI is InChI=1S/C16H12Cl2N4O2/c1-22-8-19-13-6-9(2-5-14(13)22)15(23)21-16(24)20-10-3-4-11(17)12(18)7-10/h2-8H,1H3,(H2,20,21,23,24). The number of nitrogens with zero attached hydrogens (tertiary/aromatic N) is 2. The number of hydrogen-bond acceptors (Lipinski definition) is 3. The molecular formula is C16H12Cl2N4O2. The van der Waals surface area contributed by atoms with Gasteiger partial charge in [-0.25, -0.2) is 9.78 Å². The number of anilines is 1. The SMILES string of the molecule is Cn1cnc2cc(C(=O)NC(=O)Nc3ccc(Cl)c(Cl)c3)ccc21. The highest BCUT2D eigenvalue weighted by atomic mass is 35.5. The predicted molar refractivity (Wildman–Crippen MR) is 93.7 cm³/mol. The fourth-order valence-corrected chi connectivity index (χ4v) is 2.49. The maximum Gasteiger partial charge on any atom is 0.326 e. The molecule has 0 aliphatic heterocycles. The number of benzene rings is 2. The Balaban J connectivity index is 1.70. The number of halogens is 2. The zero-order valence-corrected chi connectivity index (χ0v) is 14.0. The van der Waals surface area contributed by atoms with Gasteiger partial charge in [-0.15, -0.1) is 0 Å². The van der Waals surface area contributed by atoms with E-state index >= 15 is 0 Å². The Morgan fingerprint density at radius 3 is 2.62 bits per heavy atom. The van der Waals surface area contributed by atoms with Crippen LogP contribution >= 0.6 is 23.2 Å². The predicted octanol–water partition coefficient (Wildman–Crippen LogP) is 3.84. The molecule has 3 amide bonds. The lowest BCUT2D eigenvalue weighted by Crippen LogP contribution is -2.34. The van der Waals surface area contributed by atoms with Crippen LogP contribution < -0.4 is 10.6 Å². The maximum absolute atomic E-state index is 12.2. The van der Waals surface area contributed by atoms with Gasteiger partial charge in [0.1, 0.15) is 0 Å². The first-order valence-corrected chi connectivity index (χ1v) is 7.68. The van der Waals surface area contributed by atoms with Gasteiger partial charge < -0.3 is 9.88 Å². The van der Waals surface area contributed by atoms with Crippen LogP contribution in [0.2, 0.25) is 10.0 Å². The van der Waals surface area contributed by atoms with Crippen molar-refractivity contribution < 1.29 is 9.59 Å². The Kier molecular flexibility index (Phi) is 4.42. The molecule has 2 N–H and O–H groups in total. The summed E-state index contributed by atoms with van der Waals surface area (Å²) in [6.45, 7) is 0. The minimum Gasteiger partial charge on any atom is -0.334 e. The third-order valence-electron chi connectivity index (χ3n) is 3.39. The average molecular weight is 363 g/mol. The fourth-order valence-electron chi connectivity index (χ4n) is 2.19. The van der Waals surface area contributed by atoms with Crippen LogP contribution in [-0.2, 0) is 7.05 Å². The molecule has 0 aliphatic rings. The van der Waals surface area contributed by atoms with Gasteiger partial charge in [-0.2, -0.15) is 0 Å². The van der Waals surface area contributed by atoms with E-state index in [0.717, 1.165) is 5.52 Å². The molecule has 2 aromatic carbocycles. The van der Waals surface area contributed by atoms with E-state index in [-0.39, 0.29) is 0 Å². The van der Waals surface area contributed by atoms with Gasteiger partial charge in [0.25, 0.3) is 5.91 Å². The van der Waals surface area contributed by atoms with Crippen molar-refractivity contribution in [3.05, 3.63) is 58.3 Å². The number of hydrogen-bond donors (Lipinski definition) is 2. The number of imidazole rings is 1. The summed E-state index contributed by atoms with van der Waals surface area (Å²) in [7, 11) is 1.86. The molecule has 0 bridgehead atoms. The molecule has 1 heterocycles. The smallest absolute Gasteiger partial charge is 0.326 e. The Labute approximate surface area is 147 Å². The molecule has 0 unspecified atom stereocenters. The lowest BCUT2D eigenvalue weighted by molar-refractivity contribution is 0.0967. The Morgan fingerprint density at radius 2 is 1.88 bits per heavy atom. The van der Waals surface area contributed by atoms with Crippen molar-refractivity contribution in [2.45, 2.75) is 0 Å². The summed E-state index contributed by atoms with van der Waals surface area (Å²) >= 11 is 11.7. The summed E-state index contributed by atoms with van der Waals surface area (Å²) in [5.41, 5.74) is 2.34. The van der Waals surface area contributed by atoms with Crippen molar-refractivity contribution in [3.8, 4) is 0 Å². The highest BCUT2D eigenvalue weighted by Crippen LogP contribution is 2.24. The molecule has 3 aromatic rings. The number of aromatic nitrogens is 2. The number of amides is 3.